The minimum atomic E-state index is 0.124. The predicted molar refractivity (Wildman–Crippen MR) is 98.8 cm³/mol. The highest BCUT2D eigenvalue weighted by molar-refractivity contribution is 8.00. The molecule has 0 atom stereocenters. The molecule has 1 aromatic carbocycles. The van der Waals surface area contributed by atoms with Crippen LogP contribution < -0.4 is 4.74 Å². The molecule has 25 heavy (non-hydrogen) atoms. The van der Waals surface area contributed by atoms with Gasteiger partial charge in [0.2, 0.25) is 5.91 Å². The van der Waals surface area contributed by atoms with Crippen LogP contribution in [0.15, 0.2) is 29.3 Å². The van der Waals surface area contributed by atoms with E-state index in [9.17, 15) is 10.1 Å². The van der Waals surface area contributed by atoms with Gasteiger partial charge in [0.1, 0.15) is 16.8 Å². The molecule has 1 fully saturated rings. The normalized spacial score (nSPS) is 14.3. The van der Waals surface area contributed by atoms with Crippen molar-refractivity contribution in [2.45, 2.75) is 31.2 Å². The Hall–Kier alpha value is -2.26. The molecule has 6 heteroatoms. The number of nitriles is 1. The number of hydrogen-bond donors (Lipinski definition) is 0. The number of nitrogens with zero attached hydrogens (tertiary/aromatic N) is 3. The van der Waals surface area contributed by atoms with E-state index < -0.39 is 0 Å². The van der Waals surface area contributed by atoms with Crippen molar-refractivity contribution in [2.24, 2.45) is 0 Å². The SMILES string of the molecule is CCOc1ccc2cc(C#N)c(SCC(=O)N3CCCCC3)nc2c1. The maximum Gasteiger partial charge on any atom is 0.232 e. The molecule has 1 aromatic heterocycles. The predicted octanol–water partition coefficient (Wildman–Crippen LogP) is 3.61. The quantitative estimate of drug-likeness (QED) is 0.767. The number of ether oxygens (including phenoxy) is 1. The van der Waals surface area contributed by atoms with E-state index in [-0.39, 0.29) is 5.91 Å². The molecule has 0 saturated carbocycles. The monoisotopic (exact) mass is 355 g/mol. The number of fused-ring (bicyclic) bond motifs is 1. The second-order valence-electron chi connectivity index (χ2n) is 5.97. The summed E-state index contributed by atoms with van der Waals surface area (Å²) in [6.45, 7) is 4.21. The van der Waals surface area contributed by atoms with E-state index in [1.165, 1.54) is 18.2 Å². The van der Waals surface area contributed by atoms with Gasteiger partial charge in [0.25, 0.3) is 0 Å². The smallest absolute Gasteiger partial charge is 0.232 e. The first-order chi connectivity index (χ1) is 12.2. The second-order valence-corrected chi connectivity index (χ2v) is 6.93. The summed E-state index contributed by atoms with van der Waals surface area (Å²) >= 11 is 1.34. The van der Waals surface area contributed by atoms with Gasteiger partial charge >= 0.3 is 0 Å². The molecule has 130 valence electrons. The number of carbonyl (C=O) groups is 1. The number of hydrogen-bond acceptors (Lipinski definition) is 5. The Morgan fingerprint density at radius 1 is 1.32 bits per heavy atom. The number of likely N-dealkylation sites (tertiary alicyclic amines) is 1. The summed E-state index contributed by atoms with van der Waals surface area (Å²) in [5.41, 5.74) is 1.28. The molecule has 1 aliphatic heterocycles. The van der Waals surface area contributed by atoms with Crippen LogP contribution in [0.3, 0.4) is 0 Å². The lowest BCUT2D eigenvalue weighted by atomic mass is 10.1. The molecule has 5 nitrogen and oxygen atoms in total. The van der Waals surface area contributed by atoms with Crippen LogP contribution in [0.5, 0.6) is 5.75 Å². The molecular weight excluding hydrogens is 334 g/mol. The Kier molecular flexibility index (Phi) is 5.77. The number of thioether (sulfide) groups is 1. The van der Waals surface area contributed by atoms with Crippen LogP contribution in [-0.2, 0) is 4.79 Å². The van der Waals surface area contributed by atoms with Gasteiger partial charge in [-0.2, -0.15) is 5.26 Å². The van der Waals surface area contributed by atoms with Gasteiger partial charge in [-0.25, -0.2) is 4.98 Å². The lowest BCUT2D eigenvalue weighted by Gasteiger charge is -2.26. The first-order valence-corrected chi connectivity index (χ1v) is 9.58. The van der Waals surface area contributed by atoms with Crippen molar-refractivity contribution < 1.29 is 9.53 Å². The van der Waals surface area contributed by atoms with Crippen molar-refractivity contribution in [2.75, 3.05) is 25.4 Å². The lowest BCUT2D eigenvalue weighted by molar-refractivity contribution is -0.129. The van der Waals surface area contributed by atoms with Gasteiger partial charge in [-0.15, -0.1) is 0 Å². The van der Waals surface area contributed by atoms with Crippen molar-refractivity contribution in [3.63, 3.8) is 0 Å². The fraction of sp³-hybridized carbons (Fsp3) is 0.421. The zero-order valence-corrected chi connectivity index (χ0v) is 15.1. The van der Waals surface area contributed by atoms with E-state index in [4.69, 9.17) is 4.74 Å². The van der Waals surface area contributed by atoms with Crippen molar-refractivity contribution >= 4 is 28.6 Å². The Bertz CT molecular complexity index is 810. The molecule has 2 aromatic rings. The zero-order chi connectivity index (χ0) is 17.6. The van der Waals surface area contributed by atoms with E-state index in [0.717, 1.165) is 42.6 Å². The molecule has 0 spiro atoms. The molecule has 0 N–H and O–H groups in total. The molecule has 0 unspecified atom stereocenters. The third-order valence-corrected chi connectivity index (χ3v) is 5.20. The Balaban J connectivity index is 1.79. The fourth-order valence-electron chi connectivity index (χ4n) is 2.94. The van der Waals surface area contributed by atoms with Crippen LogP contribution >= 0.6 is 11.8 Å². The topological polar surface area (TPSA) is 66.2 Å². The first-order valence-electron chi connectivity index (χ1n) is 8.59. The Morgan fingerprint density at radius 3 is 2.84 bits per heavy atom. The number of pyridine rings is 1. The summed E-state index contributed by atoms with van der Waals surface area (Å²) in [4.78, 5) is 18.9. The molecule has 0 bridgehead atoms. The third kappa shape index (κ3) is 4.23. The summed E-state index contributed by atoms with van der Waals surface area (Å²) in [5.74, 6) is 1.20. The van der Waals surface area contributed by atoms with Crippen molar-refractivity contribution in [3.05, 3.63) is 29.8 Å². The summed E-state index contributed by atoms with van der Waals surface area (Å²) in [7, 11) is 0. The number of benzene rings is 1. The number of carbonyl (C=O) groups excluding carboxylic acids is 1. The van der Waals surface area contributed by atoms with Gasteiger partial charge in [0.05, 0.1) is 23.4 Å². The van der Waals surface area contributed by atoms with E-state index in [2.05, 4.69) is 11.1 Å². The minimum absolute atomic E-state index is 0.124. The lowest BCUT2D eigenvalue weighted by Crippen LogP contribution is -2.36. The van der Waals surface area contributed by atoms with Gasteiger partial charge < -0.3 is 9.64 Å². The molecule has 1 saturated heterocycles. The fourth-order valence-corrected chi connectivity index (χ4v) is 3.81. The third-order valence-electron chi connectivity index (χ3n) is 4.23. The number of rotatable bonds is 5. The molecule has 1 aliphatic rings. The average molecular weight is 355 g/mol. The maximum atomic E-state index is 12.3. The number of aromatic nitrogens is 1. The van der Waals surface area contributed by atoms with Crippen LogP contribution in [0.1, 0.15) is 31.7 Å². The number of amides is 1. The highest BCUT2D eigenvalue weighted by atomic mass is 32.2. The van der Waals surface area contributed by atoms with E-state index in [0.29, 0.717) is 22.9 Å². The van der Waals surface area contributed by atoms with E-state index in [1.54, 1.807) is 0 Å². The Labute approximate surface area is 152 Å². The van der Waals surface area contributed by atoms with Crippen molar-refractivity contribution in [1.82, 2.24) is 9.88 Å². The average Bonchev–Trinajstić information content (AvgIpc) is 2.66. The Morgan fingerprint density at radius 2 is 2.12 bits per heavy atom. The van der Waals surface area contributed by atoms with Gasteiger partial charge in [0.15, 0.2) is 0 Å². The van der Waals surface area contributed by atoms with Crippen molar-refractivity contribution in [1.29, 1.82) is 5.26 Å². The van der Waals surface area contributed by atoms with Gasteiger partial charge in [-0.1, -0.05) is 11.8 Å². The second kappa shape index (κ2) is 8.21. The highest BCUT2D eigenvalue weighted by Gasteiger charge is 2.18. The first kappa shape index (κ1) is 17.6. The zero-order valence-electron chi connectivity index (χ0n) is 14.3. The maximum absolute atomic E-state index is 12.3. The summed E-state index contributed by atoms with van der Waals surface area (Å²) in [6, 6.07) is 9.67. The van der Waals surface area contributed by atoms with Crippen LogP contribution in [0, 0.1) is 11.3 Å². The molecule has 0 radical (unpaired) electrons. The summed E-state index contributed by atoms with van der Waals surface area (Å²) in [6.07, 6.45) is 3.35. The summed E-state index contributed by atoms with van der Waals surface area (Å²) in [5, 5.41) is 10.9. The molecule has 0 aliphatic carbocycles. The largest absolute Gasteiger partial charge is 0.494 e. The minimum Gasteiger partial charge on any atom is -0.494 e. The van der Waals surface area contributed by atoms with Crippen LogP contribution in [0.25, 0.3) is 10.9 Å². The summed E-state index contributed by atoms with van der Waals surface area (Å²) < 4.78 is 5.52. The molecule has 2 heterocycles. The molecular formula is C19H21N3O2S. The van der Waals surface area contributed by atoms with Crippen LogP contribution in [0.2, 0.25) is 0 Å². The van der Waals surface area contributed by atoms with Gasteiger partial charge in [0, 0.05) is 24.5 Å². The standard InChI is InChI=1S/C19H21N3O2S/c1-2-24-16-7-6-14-10-15(12-20)19(21-17(14)11-16)25-13-18(23)22-8-4-3-5-9-22/h6-7,10-11H,2-5,8-9,13H2,1H3. The molecule has 3 rings (SSSR count). The highest BCUT2D eigenvalue weighted by Crippen LogP contribution is 2.27. The molecule has 1 amide bonds. The van der Waals surface area contributed by atoms with Gasteiger partial charge in [-0.3, -0.25) is 4.79 Å². The van der Waals surface area contributed by atoms with E-state index >= 15 is 0 Å². The van der Waals surface area contributed by atoms with Gasteiger partial charge in [-0.05, 0) is 44.4 Å². The number of piperidine rings is 1. The van der Waals surface area contributed by atoms with Crippen LogP contribution in [-0.4, -0.2) is 41.2 Å². The van der Waals surface area contributed by atoms with Crippen LogP contribution in [0.4, 0.5) is 0 Å². The van der Waals surface area contributed by atoms with E-state index in [1.807, 2.05) is 36.1 Å². The van der Waals surface area contributed by atoms with Crippen molar-refractivity contribution in [3.8, 4) is 11.8 Å².